The first-order valence-electron chi connectivity index (χ1n) is 6.87. The summed E-state index contributed by atoms with van der Waals surface area (Å²) in [5.41, 5.74) is 7.62. The number of rotatable bonds is 6. The lowest BCUT2D eigenvalue weighted by molar-refractivity contribution is -0.124. The summed E-state index contributed by atoms with van der Waals surface area (Å²) >= 11 is 0.967. The molecule has 7 heteroatoms. The average Bonchev–Trinajstić information content (AvgIpc) is 2.93. The van der Waals surface area contributed by atoms with Gasteiger partial charge in [-0.2, -0.15) is 4.37 Å². The summed E-state index contributed by atoms with van der Waals surface area (Å²) in [7, 11) is 0. The van der Waals surface area contributed by atoms with Gasteiger partial charge < -0.3 is 15.8 Å². The van der Waals surface area contributed by atoms with Crippen LogP contribution in [0.2, 0.25) is 0 Å². The van der Waals surface area contributed by atoms with Gasteiger partial charge >= 0.3 is 5.97 Å². The molecule has 0 saturated carbocycles. The van der Waals surface area contributed by atoms with Gasteiger partial charge in [0.15, 0.2) is 11.5 Å². The van der Waals surface area contributed by atoms with Crippen LogP contribution in [0.1, 0.15) is 23.0 Å². The first-order valence-corrected chi connectivity index (χ1v) is 7.65. The topological polar surface area (TPSA) is 94.3 Å². The Labute approximate surface area is 132 Å². The molecular weight excluding hydrogens is 302 g/mol. The fourth-order valence-electron chi connectivity index (χ4n) is 1.76. The molecule has 1 amide bonds. The molecule has 0 saturated heterocycles. The molecule has 0 bridgehead atoms. The van der Waals surface area contributed by atoms with E-state index in [2.05, 4.69) is 9.69 Å². The number of benzene rings is 1. The zero-order valence-electron chi connectivity index (χ0n) is 12.2. The van der Waals surface area contributed by atoms with Gasteiger partial charge in [-0.1, -0.05) is 37.3 Å². The van der Waals surface area contributed by atoms with Crippen molar-refractivity contribution in [3.8, 4) is 11.3 Å². The van der Waals surface area contributed by atoms with Crippen LogP contribution in [0, 0.1) is 0 Å². The Bertz CT molecular complexity index is 655. The normalized spacial score (nSPS) is 10.2. The van der Waals surface area contributed by atoms with Crippen molar-refractivity contribution in [2.45, 2.75) is 13.3 Å². The van der Waals surface area contributed by atoms with E-state index in [-0.39, 0.29) is 23.1 Å². The van der Waals surface area contributed by atoms with E-state index in [1.807, 2.05) is 37.3 Å². The number of nitrogens with one attached hydrogen (secondary N) is 1. The molecule has 0 unspecified atom stereocenters. The van der Waals surface area contributed by atoms with Crippen LogP contribution in [0.4, 0.5) is 5.69 Å². The minimum atomic E-state index is -0.635. The van der Waals surface area contributed by atoms with Crippen LogP contribution in [0.5, 0.6) is 0 Å². The van der Waals surface area contributed by atoms with E-state index >= 15 is 0 Å². The van der Waals surface area contributed by atoms with Gasteiger partial charge in [0.25, 0.3) is 5.91 Å². The number of nitrogen functional groups attached to an aromatic ring is 1. The summed E-state index contributed by atoms with van der Waals surface area (Å²) in [4.78, 5) is 23.6. The maximum Gasteiger partial charge on any atom is 0.352 e. The molecule has 3 N–H and O–H groups in total. The zero-order valence-corrected chi connectivity index (χ0v) is 13.0. The molecule has 2 rings (SSSR count). The number of amides is 1. The largest absolute Gasteiger partial charge is 0.451 e. The van der Waals surface area contributed by atoms with E-state index in [0.29, 0.717) is 12.2 Å². The van der Waals surface area contributed by atoms with E-state index in [1.54, 1.807) is 0 Å². The molecule has 0 atom stereocenters. The van der Waals surface area contributed by atoms with E-state index < -0.39 is 5.97 Å². The van der Waals surface area contributed by atoms with Crippen LogP contribution in [0.3, 0.4) is 0 Å². The third-order valence-electron chi connectivity index (χ3n) is 2.87. The van der Waals surface area contributed by atoms with Gasteiger partial charge in [0, 0.05) is 12.1 Å². The molecule has 116 valence electrons. The predicted octanol–water partition coefficient (Wildman–Crippen LogP) is 2.08. The molecule has 1 heterocycles. The lowest BCUT2D eigenvalue weighted by Gasteiger charge is -2.05. The second-order valence-corrected chi connectivity index (χ2v) is 5.34. The Morgan fingerprint density at radius 3 is 2.73 bits per heavy atom. The molecule has 0 aliphatic carbocycles. The highest BCUT2D eigenvalue weighted by Crippen LogP contribution is 2.30. The quantitative estimate of drug-likeness (QED) is 0.795. The number of anilines is 1. The Hall–Kier alpha value is -2.41. The number of carbonyl (C=O) groups is 2. The van der Waals surface area contributed by atoms with Crippen LogP contribution in [-0.4, -0.2) is 29.4 Å². The molecule has 6 nitrogen and oxygen atoms in total. The standard InChI is InChI=1S/C15H17N3O3S/c1-2-8-17-11(19)9-21-15(20)14-12(16)13(18-22-14)10-6-4-3-5-7-10/h3-7H,2,8-9,16H2,1H3,(H,17,19). The highest BCUT2D eigenvalue weighted by atomic mass is 32.1. The number of aromatic nitrogens is 1. The number of esters is 1. The van der Waals surface area contributed by atoms with Crippen molar-refractivity contribution >= 4 is 29.1 Å². The number of nitrogens with two attached hydrogens (primary N) is 1. The monoisotopic (exact) mass is 319 g/mol. The number of hydrogen-bond donors (Lipinski definition) is 2. The van der Waals surface area contributed by atoms with Crippen LogP contribution in [0.15, 0.2) is 30.3 Å². The Balaban J connectivity index is 2.03. The van der Waals surface area contributed by atoms with Gasteiger partial charge in [-0.3, -0.25) is 4.79 Å². The van der Waals surface area contributed by atoms with Crippen molar-refractivity contribution in [3.63, 3.8) is 0 Å². The molecule has 0 aliphatic heterocycles. The second-order valence-electron chi connectivity index (χ2n) is 4.57. The molecule has 0 radical (unpaired) electrons. The summed E-state index contributed by atoms with van der Waals surface area (Å²) in [5.74, 6) is -0.967. The van der Waals surface area contributed by atoms with E-state index in [4.69, 9.17) is 10.5 Å². The van der Waals surface area contributed by atoms with Crippen LogP contribution in [-0.2, 0) is 9.53 Å². The summed E-state index contributed by atoms with van der Waals surface area (Å²) in [6.07, 6.45) is 0.821. The predicted molar refractivity (Wildman–Crippen MR) is 85.5 cm³/mol. The van der Waals surface area contributed by atoms with Gasteiger partial charge in [0.1, 0.15) is 5.69 Å². The maximum atomic E-state index is 12.0. The number of hydrogen-bond acceptors (Lipinski definition) is 6. The highest BCUT2D eigenvalue weighted by Gasteiger charge is 2.20. The maximum absolute atomic E-state index is 12.0. The fourth-order valence-corrected chi connectivity index (χ4v) is 2.48. The third-order valence-corrected chi connectivity index (χ3v) is 3.71. The summed E-state index contributed by atoms with van der Waals surface area (Å²) < 4.78 is 9.16. The lowest BCUT2D eigenvalue weighted by atomic mass is 10.1. The fraction of sp³-hybridized carbons (Fsp3) is 0.267. The minimum Gasteiger partial charge on any atom is -0.451 e. The summed E-state index contributed by atoms with van der Waals surface area (Å²) in [6, 6.07) is 9.34. The van der Waals surface area contributed by atoms with Crippen molar-refractivity contribution in [2.75, 3.05) is 18.9 Å². The van der Waals surface area contributed by atoms with Gasteiger partial charge in [-0.25, -0.2) is 4.79 Å². The first kappa shape index (κ1) is 16.0. The number of ether oxygens (including phenoxy) is 1. The number of carbonyl (C=O) groups excluding carboxylic acids is 2. The van der Waals surface area contributed by atoms with Crippen LogP contribution >= 0.6 is 11.5 Å². The van der Waals surface area contributed by atoms with Crippen LogP contribution < -0.4 is 11.1 Å². The SMILES string of the molecule is CCCNC(=O)COC(=O)c1snc(-c2ccccc2)c1N. The Morgan fingerprint density at radius 2 is 2.05 bits per heavy atom. The minimum absolute atomic E-state index is 0.210. The van der Waals surface area contributed by atoms with E-state index in [9.17, 15) is 9.59 Å². The van der Waals surface area contributed by atoms with Gasteiger partial charge in [-0.15, -0.1) is 0 Å². The van der Waals surface area contributed by atoms with E-state index in [1.165, 1.54) is 0 Å². The molecule has 22 heavy (non-hydrogen) atoms. The molecule has 0 aliphatic rings. The summed E-state index contributed by atoms with van der Waals surface area (Å²) in [5, 5.41) is 2.63. The van der Waals surface area contributed by atoms with Gasteiger partial charge in [-0.05, 0) is 18.0 Å². The second kappa shape index (κ2) is 7.56. The lowest BCUT2D eigenvalue weighted by Crippen LogP contribution is -2.29. The van der Waals surface area contributed by atoms with Crippen LogP contribution in [0.25, 0.3) is 11.3 Å². The molecule has 1 aromatic carbocycles. The van der Waals surface area contributed by atoms with Crippen molar-refractivity contribution in [2.24, 2.45) is 0 Å². The third kappa shape index (κ3) is 3.82. The molecule has 0 fully saturated rings. The van der Waals surface area contributed by atoms with Gasteiger partial charge in [0.05, 0.1) is 5.69 Å². The van der Waals surface area contributed by atoms with Crippen molar-refractivity contribution in [3.05, 3.63) is 35.2 Å². The van der Waals surface area contributed by atoms with Crippen molar-refractivity contribution < 1.29 is 14.3 Å². The Morgan fingerprint density at radius 1 is 1.32 bits per heavy atom. The smallest absolute Gasteiger partial charge is 0.352 e. The molecular formula is C15H17N3O3S. The number of nitrogens with zero attached hydrogens (tertiary/aromatic N) is 1. The summed E-state index contributed by atoms with van der Waals surface area (Å²) in [6.45, 7) is 2.17. The average molecular weight is 319 g/mol. The molecule has 2 aromatic rings. The van der Waals surface area contributed by atoms with Crippen molar-refractivity contribution in [1.29, 1.82) is 0 Å². The molecule has 0 spiro atoms. The highest BCUT2D eigenvalue weighted by molar-refractivity contribution is 7.09. The van der Waals surface area contributed by atoms with Crippen molar-refractivity contribution in [1.82, 2.24) is 9.69 Å². The molecule has 1 aromatic heterocycles. The van der Waals surface area contributed by atoms with E-state index in [0.717, 1.165) is 23.5 Å². The van der Waals surface area contributed by atoms with Gasteiger partial charge in [0.2, 0.25) is 0 Å². The first-order chi connectivity index (χ1) is 10.6. The Kier molecular flexibility index (Phi) is 5.48. The zero-order chi connectivity index (χ0) is 15.9.